The molecule has 118 valence electrons. The molecule has 7 heteroatoms. The van der Waals surface area contributed by atoms with Crippen LogP contribution in [0.25, 0.3) is 0 Å². The molecule has 0 spiro atoms. The molecule has 1 atom stereocenters. The number of nitrogens with one attached hydrogen (secondary N) is 2. The molecule has 0 unspecified atom stereocenters. The summed E-state index contributed by atoms with van der Waals surface area (Å²) in [5, 5.41) is 8.11. The monoisotopic (exact) mass is 312 g/mol. The summed E-state index contributed by atoms with van der Waals surface area (Å²) in [4.78, 5) is 27.7. The first kappa shape index (κ1) is 17.6. The first-order valence-electron chi connectivity index (χ1n) is 7.05. The summed E-state index contributed by atoms with van der Waals surface area (Å²) < 4.78 is 0. The van der Waals surface area contributed by atoms with E-state index in [1.54, 1.807) is 0 Å². The lowest BCUT2D eigenvalue weighted by Crippen LogP contribution is -2.47. The van der Waals surface area contributed by atoms with Crippen LogP contribution in [0, 0.1) is 5.92 Å². The van der Waals surface area contributed by atoms with Crippen molar-refractivity contribution in [1.82, 2.24) is 15.6 Å². The van der Waals surface area contributed by atoms with Gasteiger partial charge in [0.1, 0.15) is 5.01 Å². The molecule has 4 N–H and O–H groups in total. The molecule has 2 amide bonds. The van der Waals surface area contributed by atoms with Gasteiger partial charge in [-0.2, -0.15) is 0 Å². The number of carbonyl (C=O) groups is 2. The van der Waals surface area contributed by atoms with Gasteiger partial charge >= 0.3 is 0 Å². The first-order valence-corrected chi connectivity index (χ1v) is 7.93. The number of carbonyl (C=O) groups excluding carboxylic acids is 2. The zero-order chi connectivity index (χ0) is 16.0. The topological polar surface area (TPSA) is 97.1 Å². The number of nitrogens with zero attached hydrogens (tertiary/aromatic N) is 1. The largest absolute Gasteiger partial charge is 0.348 e. The number of amides is 2. The standard InChI is InChI=1S/C14H24N4O2S/c1-8(2)10-7-21-12(18-10)6-16-11(19)5-17-14(20)13(15)9(3)4/h7-9,13H,5-6,15H2,1-4H3,(H,16,19)(H,17,20)/t13-/m0/s1. The highest BCUT2D eigenvalue weighted by molar-refractivity contribution is 7.09. The zero-order valence-corrected chi connectivity index (χ0v) is 13.8. The Morgan fingerprint density at radius 2 is 1.95 bits per heavy atom. The lowest BCUT2D eigenvalue weighted by atomic mass is 10.1. The second-order valence-corrected chi connectivity index (χ2v) is 6.53. The number of thiazole rings is 1. The van der Waals surface area contributed by atoms with E-state index in [1.165, 1.54) is 11.3 Å². The van der Waals surface area contributed by atoms with Crippen LogP contribution < -0.4 is 16.4 Å². The van der Waals surface area contributed by atoms with E-state index in [4.69, 9.17) is 5.73 Å². The van der Waals surface area contributed by atoms with E-state index >= 15 is 0 Å². The van der Waals surface area contributed by atoms with Gasteiger partial charge in [-0.1, -0.05) is 27.7 Å². The Morgan fingerprint density at radius 3 is 2.48 bits per heavy atom. The SMILES string of the molecule is CC(C)c1csc(CNC(=O)CNC(=O)[C@@H](N)C(C)C)n1. The molecule has 1 aromatic heterocycles. The van der Waals surface area contributed by atoms with Gasteiger partial charge in [-0.3, -0.25) is 9.59 Å². The Bertz CT molecular complexity index is 485. The van der Waals surface area contributed by atoms with Crippen molar-refractivity contribution in [3.63, 3.8) is 0 Å². The molecule has 6 nitrogen and oxygen atoms in total. The summed E-state index contributed by atoms with van der Waals surface area (Å²) in [7, 11) is 0. The summed E-state index contributed by atoms with van der Waals surface area (Å²) in [5.41, 5.74) is 6.72. The lowest BCUT2D eigenvalue weighted by Gasteiger charge is -2.14. The highest BCUT2D eigenvalue weighted by Crippen LogP contribution is 2.17. The first-order chi connectivity index (χ1) is 9.81. The van der Waals surface area contributed by atoms with Crippen molar-refractivity contribution in [3.05, 3.63) is 16.1 Å². The minimum atomic E-state index is -0.592. The molecular formula is C14H24N4O2S. The summed E-state index contributed by atoms with van der Waals surface area (Å²) in [6.45, 7) is 8.18. The van der Waals surface area contributed by atoms with E-state index in [1.807, 2.05) is 19.2 Å². The second kappa shape index (κ2) is 8.09. The van der Waals surface area contributed by atoms with Gasteiger partial charge in [0.2, 0.25) is 11.8 Å². The van der Waals surface area contributed by atoms with Crippen LogP contribution in [0.5, 0.6) is 0 Å². The van der Waals surface area contributed by atoms with Crippen molar-refractivity contribution in [2.24, 2.45) is 11.7 Å². The molecule has 1 heterocycles. The van der Waals surface area contributed by atoms with Crippen LogP contribution in [-0.2, 0) is 16.1 Å². The minimum absolute atomic E-state index is 0.0397. The van der Waals surface area contributed by atoms with Gasteiger partial charge in [0.05, 0.1) is 24.8 Å². The van der Waals surface area contributed by atoms with Crippen molar-refractivity contribution in [2.45, 2.75) is 46.2 Å². The molecule has 21 heavy (non-hydrogen) atoms. The van der Waals surface area contributed by atoms with Gasteiger partial charge in [0.15, 0.2) is 0 Å². The van der Waals surface area contributed by atoms with Gasteiger partial charge in [-0.15, -0.1) is 11.3 Å². The fourth-order valence-electron chi connectivity index (χ4n) is 1.50. The molecule has 0 saturated carbocycles. The summed E-state index contributed by atoms with van der Waals surface area (Å²) >= 11 is 1.52. The maximum absolute atomic E-state index is 11.7. The fraction of sp³-hybridized carbons (Fsp3) is 0.643. The van der Waals surface area contributed by atoms with Crippen LogP contribution in [0.1, 0.15) is 44.3 Å². The van der Waals surface area contributed by atoms with E-state index in [0.717, 1.165) is 10.7 Å². The predicted molar refractivity (Wildman–Crippen MR) is 83.9 cm³/mol. The summed E-state index contributed by atoms with van der Waals surface area (Å²) in [6.07, 6.45) is 0. The van der Waals surface area contributed by atoms with Crippen LogP contribution in [0.2, 0.25) is 0 Å². The van der Waals surface area contributed by atoms with Gasteiger partial charge < -0.3 is 16.4 Å². The number of hydrogen-bond donors (Lipinski definition) is 3. The Balaban J connectivity index is 2.32. The Labute approximate surface area is 129 Å². The van der Waals surface area contributed by atoms with Crippen LogP contribution in [0.3, 0.4) is 0 Å². The predicted octanol–water partition coefficient (Wildman–Crippen LogP) is 0.982. The number of nitrogens with two attached hydrogens (primary N) is 1. The van der Waals surface area contributed by atoms with Crippen molar-refractivity contribution < 1.29 is 9.59 Å². The lowest BCUT2D eigenvalue weighted by molar-refractivity contribution is -0.127. The van der Waals surface area contributed by atoms with Gasteiger partial charge in [0, 0.05) is 5.38 Å². The fourth-order valence-corrected chi connectivity index (χ4v) is 2.39. The van der Waals surface area contributed by atoms with E-state index in [0.29, 0.717) is 12.5 Å². The molecule has 1 rings (SSSR count). The molecule has 0 aromatic carbocycles. The van der Waals surface area contributed by atoms with Crippen LogP contribution in [0.15, 0.2) is 5.38 Å². The number of aromatic nitrogens is 1. The number of rotatable bonds is 7. The minimum Gasteiger partial charge on any atom is -0.348 e. The van der Waals surface area contributed by atoms with Gasteiger partial charge in [-0.05, 0) is 11.8 Å². The zero-order valence-electron chi connectivity index (χ0n) is 13.0. The van der Waals surface area contributed by atoms with E-state index in [2.05, 4.69) is 29.5 Å². The van der Waals surface area contributed by atoms with Crippen LogP contribution in [0.4, 0.5) is 0 Å². The average Bonchev–Trinajstić information content (AvgIpc) is 2.90. The van der Waals surface area contributed by atoms with Crippen LogP contribution >= 0.6 is 11.3 Å². The summed E-state index contributed by atoms with van der Waals surface area (Å²) in [6, 6.07) is -0.592. The molecule has 0 aliphatic carbocycles. The third kappa shape index (κ3) is 5.81. The smallest absolute Gasteiger partial charge is 0.239 e. The summed E-state index contributed by atoms with van der Waals surface area (Å²) in [5.74, 6) is -0.141. The second-order valence-electron chi connectivity index (χ2n) is 5.59. The average molecular weight is 312 g/mol. The van der Waals surface area contributed by atoms with Crippen molar-refractivity contribution in [3.8, 4) is 0 Å². The van der Waals surface area contributed by atoms with Crippen LogP contribution in [-0.4, -0.2) is 29.4 Å². The highest BCUT2D eigenvalue weighted by Gasteiger charge is 2.17. The molecule has 0 aliphatic rings. The Kier molecular flexibility index (Phi) is 6.77. The third-order valence-electron chi connectivity index (χ3n) is 3.04. The van der Waals surface area contributed by atoms with E-state index in [-0.39, 0.29) is 24.3 Å². The van der Waals surface area contributed by atoms with Crippen molar-refractivity contribution in [2.75, 3.05) is 6.54 Å². The molecule has 0 aliphatic heterocycles. The van der Waals surface area contributed by atoms with E-state index < -0.39 is 6.04 Å². The van der Waals surface area contributed by atoms with Crippen molar-refractivity contribution >= 4 is 23.2 Å². The Hall–Kier alpha value is -1.47. The molecule has 0 bridgehead atoms. The number of hydrogen-bond acceptors (Lipinski definition) is 5. The van der Waals surface area contributed by atoms with E-state index in [9.17, 15) is 9.59 Å². The molecule has 0 radical (unpaired) electrons. The third-order valence-corrected chi connectivity index (χ3v) is 3.91. The molecule has 0 fully saturated rings. The maximum Gasteiger partial charge on any atom is 0.239 e. The Morgan fingerprint density at radius 1 is 1.29 bits per heavy atom. The highest BCUT2D eigenvalue weighted by atomic mass is 32.1. The van der Waals surface area contributed by atoms with Gasteiger partial charge in [-0.25, -0.2) is 4.98 Å². The molecule has 1 aromatic rings. The molecular weight excluding hydrogens is 288 g/mol. The molecule has 0 saturated heterocycles. The van der Waals surface area contributed by atoms with Crippen molar-refractivity contribution in [1.29, 1.82) is 0 Å². The normalized spacial score (nSPS) is 12.5. The maximum atomic E-state index is 11.7. The van der Waals surface area contributed by atoms with Gasteiger partial charge in [0.25, 0.3) is 0 Å². The quantitative estimate of drug-likeness (QED) is 0.699.